The molecule has 1 N–H and O–H groups in total. The zero-order valence-corrected chi connectivity index (χ0v) is 15.3. The lowest BCUT2D eigenvalue weighted by Crippen LogP contribution is -2.41. The number of amides is 1. The first-order valence-electron chi connectivity index (χ1n) is 8.58. The van der Waals surface area contributed by atoms with E-state index in [1.54, 1.807) is 7.11 Å². The second-order valence-corrected chi connectivity index (χ2v) is 7.25. The zero-order valence-electron chi connectivity index (χ0n) is 15.3. The minimum absolute atomic E-state index is 0.0142. The first-order valence-corrected chi connectivity index (χ1v) is 8.58. The Morgan fingerprint density at radius 1 is 1.24 bits per heavy atom. The Bertz CT molecular complexity index is 765. The van der Waals surface area contributed by atoms with Crippen LogP contribution in [0.15, 0.2) is 42.5 Å². The van der Waals surface area contributed by atoms with Gasteiger partial charge in [-0.1, -0.05) is 29.8 Å². The largest absolute Gasteiger partial charge is 0.497 e. The number of carbonyl (C=O) groups is 1. The van der Waals surface area contributed by atoms with Gasteiger partial charge in [-0.15, -0.1) is 0 Å². The molecule has 0 spiro atoms. The number of methoxy groups -OCH3 is 1. The number of nitrogens with one attached hydrogen (secondary N) is 1. The van der Waals surface area contributed by atoms with Crippen molar-refractivity contribution in [2.24, 2.45) is 0 Å². The van der Waals surface area contributed by atoms with Gasteiger partial charge in [-0.05, 0) is 44.5 Å². The van der Waals surface area contributed by atoms with E-state index in [0.717, 1.165) is 34.6 Å². The van der Waals surface area contributed by atoms with Crippen molar-refractivity contribution in [2.45, 2.75) is 45.3 Å². The second kappa shape index (κ2) is 6.79. The fraction of sp³-hybridized carbons (Fsp3) is 0.381. The molecule has 1 amide bonds. The molecule has 0 fully saturated rings. The Morgan fingerprint density at radius 2 is 1.96 bits per heavy atom. The van der Waals surface area contributed by atoms with Crippen LogP contribution in [0.2, 0.25) is 0 Å². The highest BCUT2D eigenvalue weighted by molar-refractivity contribution is 5.79. The molecular weight excluding hydrogens is 314 g/mol. The van der Waals surface area contributed by atoms with Crippen LogP contribution in [0, 0.1) is 6.92 Å². The lowest BCUT2D eigenvalue weighted by Gasteiger charge is -2.38. The Labute approximate surface area is 149 Å². The summed E-state index contributed by atoms with van der Waals surface area (Å²) in [7, 11) is 1.63. The lowest BCUT2D eigenvalue weighted by atomic mass is 9.89. The number of benzene rings is 2. The van der Waals surface area contributed by atoms with Crippen LogP contribution in [0.4, 0.5) is 0 Å². The smallest absolute Gasteiger partial charge is 0.224 e. The van der Waals surface area contributed by atoms with Gasteiger partial charge in [-0.3, -0.25) is 4.79 Å². The summed E-state index contributed by atoms with van der Waals surface area (Å²) in [5.41, 5.74) is 2.88. The van der Waals surface area contributed by atoms with E-state index < -0.39 is 0 Å². The van der Waals surface area contributed by atoms with Crippen LogP contribution in [-0.4, -0.2) is 18.6 Å². The maximum Gasteiger partial charge on any atom is 0.224 e. The van der Waals surface area contributed by atoms with Crippen molar-refractivity contribution in [1.29, 1.82) is 0 Å². The van der Waals surface area contributed by atoms with Crippen LogP contribution in [0.5, 0.6) is 11.5 Å². The van der Waals surface area contributed by atoms with Crippen LogP contribution in [0.25, 0.3) is 0 Å². The van der Waals surface area contributed by atoms with Gasteiger partial charge in [0.2, 0.25) is 5.91 Å². The highest BCUT2D eigenvalue weighted by atomic mass is 16.5. The SMILES string of the molecule is COc1ccc(CC(=O)N[C@H]2CC(C)(C)Oc3ccc(C)cc32)cc1. The molecule has 0 aliphatic carbocycles. The molecule has 2 aromatic rings. The maximum atomic E-state index is 12.6. The van der Waals surface area contributed by atoms with E-state index >= 15 is 0 Å². The molecule has 1 aliphatic heterocycles. The summed E-state index contributed by atoms with van der Waals surface area (Å²) in [6.45, 7) is 6.16. The Hall–Kier alpha value is -2.49. The van der Waals surface area contributed by atoms with Crippen molar-refractivity contribution < 1.29 is 14.3 Å². The third kappa shape index (κ3) is 4.13. The molecule has 3 rings (SSSR count). The molecule has 2 aromatic carbocycles. The van der Waals surface area contributed by atoms with Crippen LogP contribution >= 0.6 is 0 Å². The Morgan fingerprint density at radius 3 is 2.64 bits per heavy atom. The molecule has 1 atom stereocenters. The van der Waals surface area contributed by atoms with E-state index in [-0.39, 0.29) is 17.6 Å². The van der Waals surface area contributed by atoms with Crippen molar-refractivity contribution >= 4 is 5.91 Å². The molecule has 4 heteroatoms. The zero-order chi connectivity index (χ0) is 18.0. The Kier molecular flexibility index (Phi) is 4.71. The number of aryl methyl sites for hydroxylation is 1. The van der Waals surface area contributed by atoms with Crippen molar-refractivity contribution in [3.05, 3.63) is 59.2 Å². The Balaban J connectivity index is 1.74. The minimum atomic E-state index is -0.305. The lowest BCUT2D eigenvalue weighted by molar-refractivity contribution is -0.121. The highest BCUT2D eigenvalue weighted by Crippen LogP contribution is 2.39. The third-order valence-electron chi connectivity index (χ3n) is 4.48. The molecule has 132 valence electrons. The minimum Gasteiger partial charge on any atom is -0.497 e. The fourth-order valence-corrected chi connectivity index (χ4v) is 3.28. The van der Waals surface area contributed by atoms with Gasteiger partial charge in [-0.25, -0.2) is 0 Å². The molecule has 0 aromatic heterocycles. The number of carbonyl (C=O) groups excluding carboxylic acids is 1. The number of hydrogen-bond acceptors (Lipinski definition) is 3. The van der Waals surface area contributed by atoms with Gasteiger partial charge in [0.25, 0.3) is 0 Å². The summed E-state index contributed by atoms with van der Waals surface area (Å²) in [6.07, 6.45) is 1.10. The number of fused-ring (bicyclic) bond motifs is 1. The molecule has 4 nitrogen and oxygen atoms in total. The molecule has 0 radical (unpaired) electrons. The first kappa shape index (κ1) is 17.3. The van der Waals surface area contributed by atoms with Crippen LogP contribution in [-0.2, 0) is 11.2 Å². The van der Waals surface area contributed by atoms with Crippen molar-refractivity contribution in [1.82, 2.24) is 5.32 Å². The van der Waals surface area contributed by atoms with E-state index in [9.17, 15) is 4.79 Å². The quantitative estimate of drug-likeness (QED) is 0.917. The average molecular weight is 339 g/mol. The van der Waals surface area contributed by atoms with Crippen LogP contribution in [0.3, 0.4) is 0 Å². The fourth-order valence-electron chi connectivity index (χ4n) is 3.28. The standard InChI is InChI=1S/C21H25NO3/c1-14-5-10-19-17(11-14)18(13-21(2,3)25-19)22-20(23)12-15-6-8-16(24-4)9-7-15/h5-11,18H,12-13H2,1-4H3,(H,22,23)/t18-/m0/s1. The molecule has 0 bridgehead atoms. The van der Waals surface area contributed by atoms with Crippen molar-refractivity contribution in [3.63, 3.8) is 0 Å². The van der Waals surface area contributed by atoms with Crippen LogP contribution in [0.1, 0.15) is 43.0 Å². The highest BCUT2D eigenvalue weighted by Gasteiger charge is 2.34. The molecule has 0 saturated carbocycles. The predicted octanol–water partition coefficient (Wildman–Crippen LogP) is 3.96. The van der Waals surface area contributed by atoms with Crippen molar-refractivity contribution in [2.75, 3.05) is 7.11 Å². The van der Waals surface area contributed by atoms with Gasteiger partial charge in [0.1, 0.15) is 17.1 Å². The molecule has 0 saturated heterocycles. The average Bonchev–Trinajstić information content (AvgIpc) is 2.55. The molecule has 1 heterocycles. The van der Waals surface area contributed by atoms with E-state index in [1.165, 1.54) is 0 Å². The monoisotopic (exact) mass is 339 g/mol. The van der Waals surface area contributed by atoms with E-state index in [2.05, 4.69) is 32.2 Å². The summed E-state index contributed by atoms with van der Waals surface area (Å²) in [4.78, 5) is 12.6. The molecular formula is C21H25NO3. The number of rotatable bonds is 4. The molecule has 0 unspecified atom stereocenters. The van der Waals surface area contributed by atoms with Gasteiger partial charge in [0.15, 0.2) is 0 Å². The van der Waals surface area contributed by atoms with Gasteiger partial charge in [-0.2, -0.15) is 0 Å². The maximum absolute atomic E-state index is 12.6. The topological polar surface area (TPSA) is 47.6 Å². The predicted molar refractivity (Wildman–Crippen MR) is 98.1 cm³/mol. The van der Waals surface area contributed by atoms with E-state index in [4.69, 9.17) is 9.47 Å². The third-order valence-corrected chi connectivity index (χ3v) is 4.48. The summed E-state index contributed by atoms with van der Waals surface area (Å²) >= 11 is 0. The molecule has 1 aliphatic rings. The summed E-state index contributed by atoms with van der Waals surface area (Å²) in [5.74, 6) is 1.66. The van der Waals surface area contributed by atoms with Gasteiger partial charge >= 0.3 is 0 Å². The van der Waals surface area contributed by atoms with Crippen LogP contribution < -0.4 is 14.8 Å². The summed E-state index contributed by atoms with van der Waals surface area (Å²) in [6, 6.07) is 13.7. The van der Waals surface area contributed by atoms with Gasteiger partial charge < -0.3 is 14.8 Å². The summed E-state index contributed by atoms with van der Waals surface area (Å²) < 4.78 is 11.2. The van der Waals surface area contributed by atoms with E-state index in [0.29, 0.717) is 6.42 Å². The first-order chi connectivity index (χ1) is 11.9. The molecule has 25 heavy (non-hydrogen) atoms. The second-order valence-electron chi connectivity index (χ2n) is 7.25. The van der Waals surface area contributed by atoms with Crippen molar-refractivity contribution in [3.8, 4) is 11.5 Å². The number of ether oxygens (including phenoxy) is 2. The van der Waals surface area contributed by atoms with E-state index in [1.807, 2.05) is 36.4 Å². The van der Waals surface area contributed by atoms with Gasteiger partial charge in [0, 0.05) is 12.0 Å². The normalized spacial score (nSPS) is 18.0. The van der Waals surface area contributed by atoms with Gasteiger partial charge in [0.05, 0.1) is 19.6 Å². The number of hydrogen-bond donors (Lipinski definition) is 1. The summed E-state index contributed by atoms with van der Waals surface area (Å²) in [5, 5.41) is 3.18.